The number of piperazine rings is 1. The number of ether oxygens (including phenoxy) is 1. The average Bonchev–Trinajstić information content (AvgIpc) is 2.58. The lowest BCUT2D eigenvalue weighted by atomic mass is 10.1. The summed E-state index contributed by atoms with van der Waals surface area (Å²) >= 11 is 2.80. The van der Waals surface area contributed by atoms with Crippen LogP contribution in [0.15, 0.2) is 10.5 Å². The van der Waals surface area contributed by atoms with E-state index in [1.54, 1.807) is 30.6 Å². The van der Waals surface area contributed by atoms with Crippen molar-refractivity contribution in [3.8, 4) is 0 Å². The van der Waals surface area contributed by atoms with Crippen LogP contribution in [0.4, 0.5) is 23.8 Å². The lowest BCUT2D eigenvalue weighted by Gasteiger charge is -2.41. The van der Waals surface area contributed by atoms with Crippen LogP contribution in [0.3, 0.4) is 0 Å². The largest absolute Gasteiger partial charge is 0.444 e. The van der Waals surface area contributed by atoms with Crippen molar-refractivity contribution in [1.29, 1.82) is 0 Å². The van der Waals surface area contributed by atoms with E-state index in [4.69, 9.17) is 4.74 Å². The molecule has 10 heteroatoms. The van der Waals surface area contributed by atoms with Crippen LogP contribution in [0.2, 0.25) is 0 Å². The molecule has 0 unspecified atom stereocenters. The molecule has 1 aliphatic heterocycles. The van der Waals surface area contributed by atoms with Gasteiger partial charge in [0.2, 0.25) is 0 Å². The van der Waals surface area contributed by atoms with Gasteiger partial charge in [-0.1, -0.05) is 0 Å². The Morgan fingerprint density at radius 3 is 2.54 bits per heavy atom. The first-order valence-electron chi connectivity index (χ1n) is 8.73. The van der Waals surface area contributed by atoms with E-state index in [1.807, 2.05) is 6.92 Å². The molecule has 3 rings (SSSR count). The van der Waals surface area contributed by atoms with Gasteiger partial charge in [-0.2, -0.15) is 14.4 Å². The van der Waals surface area contributed by atoms with E-state index in [9.17, 15) is 18.0 Å². The van der Waals surface area contributed by atoms with Gasteiger partial charge in [-0.15, -0.1) is 0 Å². The second-order valence-corrected chi connectivity index (χ2v) is 8.46. The van der Waals surface area contributed by atoms with Crippen molar-refractivity contribution in [1.82, 2.24) is 14.9 Å². The average molecular weight is 461 g/mol. The quantitative estimate of drug-likeness (QED) is 0.470. The van der Waals surface area contributed by atoms with Gasteiger partial charge >= 0.3 is 12.2 Å². The van der Waals surface area contributed by atoms with Crippen molar-refractivity contribution in [2.24, 2.45) is 0 Å². The number of carbonyl (C=O) groups excluding carboxylic acids is 1. The fraction of sp³-hybridized carbons (Fsp3) is 0.500. The number of rotatable bonds is 1. The molecular weight excluding hydrogens is 441 g/mol. The fourth-order valence-corrected chi connectivity index (χ4v) is 3.42. The Kier molecular flexibility index (Phi) is 5.44. The molecule has 0 saturated carbocycles. The number of fused-ring (bicyclic) bond motifs is 1. The van der Waals surface area contributed by atoms with Crippen LogP contribution in [0, 0.1) is 17.7 Å². The molecule has 6 nitrogen and oxygen atoms in total. The maximum Gasteiger partial charge on any atom is 0.410 e. The van der Waals surface area contributed by atoms with Crippen molar-refractivity contribution >= 4 is 38.7 Å². The molecule has 28 heavy (non-hydrogen) atoms. The first-order valence-corrected chi connectivity index (χ1v) is 9.52. The smallest absolute Gasteiger partial charge is 0.410 e. The molecule has 1 aromatic heterocycles. The summed E-state index contributed by atoms with van der Waals surface area (Å²) in [5.74, 6) is -1.73. The number of nitrogens with zero attached hydrogens (tertiary/aromatic N) is 4. The van der Waals surface area contributed by atoms with Crippen LogP contribution in [-0.2, 0) is 4.74 Å². The normalized spacial score (nSPS) is 17.9. The Morgan fingerprint density at radius 1 is 1.25 bits per heavy atom. The summed E-state index contributed by atoms with van der Waals surface area (Å²) < 4.78 is 47.4. The van der Waals surface area contributed by atoms with Crippen molar-refractivity contribution in [2.75, 3.05) is 24.5 Å². The Morgan fingerprint density at radius 2 is 1.93 bits per heavy atom. The Labute approximate surface area is 168 Å². The minimum atomic E-state index is -1.11. The van der Waals surface area contributed by atoms with Crippen LogP contribution in [0.5, 0.6) is 0 Å². The fourth-order valence-electron chi connectivity index (χ4n) is 3.11. The molecule has 1 amide bonds. The van der Waals surface area contributed by atoms with E-state index < -0.39 is 33.9 Å². The zero-order valence-electron chi connectivity index (χ0n) is 15.9. The van der Waals surface area contributed by atoms with E-state index >= 15 is 0 Å². The van der Waals surface area contributed by atoms with E-state index in [0.29, 0.717) is 19.6 Å². The summed E-state index contributed by atoms with van der Waals surface area (Å²) in [6.45, 7) is 8.04. The SMILES string of the molecule is C[C@H]1CN(C(=O)OC(C)(C)C)CCN1c1nc(F)nc2c(F)c(Br)c(F)cc12. The van der Waals surface area contributed by atoms with Gasteiger partial charge in [0, 0.05) is 31.1 Å². The molecule has 1 saturated heterocycles. The van der Waals surface area contributed by atoms with Gasteiger partial charge in [0.15, 0.2) is 5.82 Å². The van der Waals surface area contributed by atoms with Gasteiger partial charge < -0.3 is 14.5 Å². The molecule has 1 fully saturated rings. The number of amides is 1. The number of anilines is 1. The highest BCUT2D eigenvalue weighted by Crippen LogP contribution is 2.33. The Hall–Kier alpha value is -2.10. The predicted octanol–water partition coefficient (Wildman–Crippen LogP) is 4.26. The topological polar surface area (TPSA) is 58.6 Å². The highest BCUT2D eigenvalue weighted by Gasteiger charge is 2.32. The lowest BCUT2D eigenvalue weighted by Crippen LogP contribution is -2.55. The van der Waals surface area contributed by atoms with Crippen LogP contribution in [0.25, 0.3) is 10.9 Å². The molecule has 0 bridgehead atoms. The number of benzene rings is 1. The van der Waals surface area contributed by atoms with Crippen molar-refractivity contribution in [3.05, 3.63) is 28.3 Å². The Balaban J connectivity index is 1.93. The molecule has 152 valence electrons. The maximum atomic E-state index is 14.4. The molecule has 1 aliphatic rings. The minimum absolute atomic E-state index is 0.0668. The summed E-state index contributed by atoms with van der Waals surface area (Å²) in [7, 11) is 0. The van der Waals surface area contributed by atoms with Crippen LogP contribution in [0.1, 0.15) is 27.7 Å². The molecule has 0 spiro atoms. The van der Waals surface area contributed by atoms with E-state index in [1.165, 1.54) is 0 Å². The number of aromatic nitrogens is 2. The van der Waals surface area contributed by atoms with Crippen molar-refractivity contribution < 1.29 is 22.7 Å². The first kappa shape index (κ1) is 20.6. The van der Waals surface area contributed by atoms with Gasteiger partial charge in [-0.25, -0.2) is 13.6 Å². The predicted molar refractivity (Wildman–Crippen MR) is 102 cm³/mol. The van der Waals surface area contributed by atoms with Crippen LogP contribution in [-0.4, -0.2) is 52.2 Å². The highest BCUT2D eigenvalue weighted by molar-refractivity contribution is 9.10. The summed E-state index contributed by atoms with van der Waals surface area (Å²) in [5, 5.41) is 0.0668. The van der Waals surface area contributed by atoms with Crippen LogP contribution >= 0.6 is 15.9 Å². The molecule has 0 N–H and O–H groups in total. The van der Waals surface area contributed by atoms with Crippen molar-refractivity contribution in [3.63, 3.8) is 0 Å². The second-order valence-electron chi connectivity index (χ2n) is 7.67. The zero-order valence-corrected chi connectivity index (χ0v) is 17.5. The number of halogens is 4. The Bertz CT molecular complexity index is 935. The minimum Gasteiger partial charge on any atom is -0.444 e. The van der Waals surface area contributed by atoms with Gasteiger partial charge in [-0.3, -0.25) is 0 Å². The highest BCUT2D eigenvalue weighted by atomic mass is 79.9. The van der Waals surface area contributed by atoms with Gasteiger partial charge in [0.25, 0.3) is 0 Å². The second kappa shape index (κ2) is 7.38. The molecule has 0 aliphatic carbocycles. The zero-order chi connectivity index (χ0) is 20.8. The van der Waals surface area contributed by atoms with E-state index in [0.717, 1.165) is 6.07 Å². The summed E-state index contributed by atoms with van der Waals surface area (Å²) in [6, 6.07) is 0.790. The van der Waals surface area contributed by atoms with Crippen LogP contribution < -0.4 is 4.90 Å². The van der Waals surface area contributed by atoms with Crippen molar-refractivity contribution in [2.45, 2.75) is 39.3 Å². The summed E-state index contributed by atoms with van der Waals surface area (Å²) in [6.07, 6.45) is -1.56. The molecule has 1 aromatic carbocycles. The van der Waals surface area contributed by atoms with Gasteiger partial charge in [-0.05, 0) is 49.7 Å². The summed E-state index contributed by atoms with van der Waals surface area (Å²) in [4.78, 5) is 22.8. The molecular formula is C18H20BrF3N4O2. The third-order valence-corrected chi connectivity index (χ3v) is 5.06. The molecule has 1 atom stereocenters. The van der Waals surface area contributed by atoms with E-state index in [-0.39, 0.29) is 22.8 Å². The number of carbonyl (C=O) groups is 1. The maximum absolute atomic E-state index is 14.4. The monoisotopic (exact) mass is 460 g/mol. The first-order chi connectivity index (χ1) is 13.0. The standard InChI is InChI=1S/C18H20BrF3N4O2/c1-9-8-25(17(27)28-18(2,3)4)5-6-26(9)15-10-7-11(20)12(19)13(21)14(10)23-16(22)24-15/h7,9H,5-6,8H2,1-4H3/t9-/m0/s1. The van der Waals surface area contributed by atoms with Gasteiger partial charge in [0.05, 0.1) is 4.47 Å². The lowest BCUT2D eigenvalue weighted by molar-refractivity contribution is 0.0218. The number of hydrogen-bond donors (Lipinski definition) is 0. The third kappa shape index (κ3) is 4.01. The molecule has 2 aromatic rings. The summed E-state index contributed by atoms with van der Waals surface area (Å²) in [5.41, 5.74) is -0.927. The van der Waals surface area contributed by atoms with E-state index in [2.05, 4.69) is 25.9 Å². The number of hydrogen-bond acceptors (Lipinski definition) is 5. The van der Waals surface area contributed by atoms with Gasteiger partial charge in [0.1, 0.15) is 22.8 Å². The molecule has 2 heterocycles. The molecule has 0 radical (unpaired) electrons. The third-order valence-electron chi connectivity index (χ3n) is 4.33.